The maximum Gasteiger partial charge on any atom is 0.248 e. The summed E-state index contributed by atoms with van der Waals surface area (Å²) < 4.78 is 11.3. The lowest BCUT2D eigenvalue weighted by Gasteiger charge is -2.13. The van der Waals surface area contributed by atoms with E-state index in [1.54, 1.807) is 32.2 Å². The molecule has 0 fully saturated rings. The van der Waals surface area contributed by atoms with Crippen LogP contribution in [0.2, 0.25) is 0 Å². The Labute approximate surface area is 185 Å². The number of hydrogen-bond donors (Lipinski definition) is 2. The van der Waals surface area contributed by atoms with Crippen molar-refractivity contribution in [2.24, 2.45) is 0 Å². The molecule has 0 atom stereocenters. The summed E-state index contributed by atoms with van der Waals surface area (Å²) in [5.41, 5.74) is 2.06. The van der Waals surface area contributed by atoms with Gasteiger partial charge in [0.05, 0.1) is 18.3 Å². The van der Waals surface area contributed by atoms with Crippen molar-refractivity contribution in [1.82, 2.24) is 9.97 Å². The Morgan fingerprint density at radius 2 is 1.72 bits per heavy atom. The van der Waals surface area contributed by atoms with Crippen LogP contribution < -0.4 is 20.1 Å². The summed E-state index contributed by atoms with van der Waals surface area (Å²) in [4.78, 5) is 20.8. The zero-order valence-corrected chi connectivity index (χ0v) is 17.7. The van der Waals surface area contributed by atoms with Gasteiger partial charge < -0.3 is 20.1 Å². The van der Waals surface area contributed by atoms with Gasteiger partial charge in [0.1, 0.15) is 29.4 Å². The topological polar surface area (TPSA) is 85.4 Å². The number of methoxy groups -OCH3 is 1. The summed E-state index contributed by atoms with van der Waals surface area (Å²) >= 11 is 0. The van der Waals surface area contributed by atoms with Gasteiger partial charge in [-0.15, -0.1) is 0 Å². The van der Waals surface area contributed by atoms with Crippen molar-refractivity contribution in [3.8, 4) is 17.2 Å². The Balaban J connectivity index is 1.60. The van der Waals surface area contributed by atoms with E-state index in [9.17, 15) is 4.79 Å². The summed E-state index contributed by atoms with van der Waals surface area (Å²) in [7, 11) is 1.55. The van der Waals surface area contributed by atoms with Gasteiger partial charge in [0.15, 0.2) is 0 Å². The normalized spacial score (nSPS) is 10.8. The maximum atomic E-state index is 12.0. The van der Waals surface area contributed by atoms with Gasteiger partial charge in [0, 0.05) is 17.1 Å². The number of rotatable bonds is 7. The third kappa shape index (κ3) is 4.84. The Kier molecular flexibility index (Phi) is 6.27. The van der Waals surface area contributed by atoms with E-state index in [0.717, 1.165) is 22.6 Å². The average Bonchev–Trinajstić information content (AvgIpc) is 2.81. The molecule has 1 aromatic heterocycles. The summed E-state index contributed by atoms with van der Waals surface area (Å²) in [6, 6.07) is 20.7. The van der Waals surface area contributed by atoms with Crippen molar-refractivity contribution in [1.29, 1.82) is 0 Å². The minimum Gasteiger partial charge on any atom is -0.494 e. The van der Waals surface area contributed by atoms with Crippen LogP contribution in [0.3, 0.4) is 0 Å². The first-order valence-electron chi connectivity index (χ1n) is 10.0. The van der Waals surface area contributed by atoms with Crippen molar-refractivity contribution >= 4 is 34.0 Å². The number of fused-ring (bicyclic) bond motifs is 1. The van der Waals surface area contributed by atoms with E-state index in [4.69, 9.17) is 9.47 Å². The molecule has 0 saturated carbocycles. The Hall–Kier alpha value is -4.39. The monoisotopic (exact) mass is 426 g/mol. The smallest absolute Gasteiger partial charge is 0.248 e. The van der Waals surface area contributed by atoms with Crippen LogP contribution in [0.1, 0.15) is 6.92 Å². The first kappa shape index (κ1) is 20.9. The second-order valence-electron chi connectivity index (χ2n) is 6.85. The number of aromatic nitrogens is 2. The molecule has 0 radical (unpaired) electrons. The molecule has 0 aliphatic rings. The SMILES string of the molecule is CC=CC(=O)Nc1cc2c(Nc3ccc(Oc4ccccc4)cc3)ncnc2cc1OC. The first-order chi connectivity index (χ1) is 15.7. The van der Waals surface area contributed by atoms with Crippen LogP contribution in [-0.4, -0.2) is 23.0 Å². The van der Waals surface area contributed by atoms with Gasteiger partial charge in [-0.05, 0) is 55.5 Å². The minimum absolute atomic E-state index is 0.245. The molecule has 7 heteroatoms. The van der Waals surface area contributed by atoms with Crippen LogP contribution in [0.25, 0.3) is 10.9 Å². The van der Waals surface area contributed by atoms with Crippen molar-refractivity contribution in [3.63, 3.8) is 0 Å². The summed E-state index contributed by atoms with van der Waals surface area (Å²) in [5, 5.41) is 6.88. The van der Waals surface area contributed by atoms with Crippen LogP contribution in [0.5, 0.6) is 17.2 Å². The second kappa shape index (κ2) is 9.61. The molecule has 4 aromatic rings. The molecule has 32 heavy (non-hydrogen) atoms. The lowest BCUT2D eigenvalue weighted by Crippen LogP contribution is -2.09. The van der Waals surface area contributed by atoms with E-state index in [0.29, 0.717) is 22.8 Å². The molecule has 4 rings (SSSR count). The summed E-state index contributed by atoms with van der Waals surface area (Å²) in [6.07, 6.45) is 4.60. The number of ether oxygens (including phenoxy) is 2. The lowest BCUT2D eigenvalue weighted by atomic mass is 10.1. The molecule has 7 nitrogen and oxygen atoms in total. The van der Waals surface area contributed by atoms with Crippen LogP contribution in [0, 0.1) is 0 Å². The Morgan fingerprint density at radius 3 is 2.44 bits per heavy atom. The zero-order chi connectivity index (χ0) is 22.3. The molecule has 1 heterocycles. The Morgan fingerprint density at radius 1 is 0.969 bits per heavy atom. The molecule has 0 aliphatic heterocycles. The number of nitrogens with zero attached hydrogens (tertiary/aromatic N) is 2. The fourth-order valence-corrected chi connectivity index (χ4v) is 3.14. The highest BCUT2D eigenvalue weighted by atomic mass is 16.5. The van der Waals surface area contributed by atoms with Crippen molar-refractivity contribution in [3.05, 3.63) is 85.2 Å². The van der Waals surface area contributed by atoms with Gasteiger partial charge in [-0.1, -0.05) is 24.3 Å². The van der Waals surface area contributed by atoms with Gasteiger partial charge in [-0.25, -0.2) is 9.97 Å². The quantitative estimate of drug-likeness (QED) is 0.369. The maximum absolute atomic E-state index is 12.0. The second-order valence-corrected chi connectivity index (χ2v) is 6.85. The molecule has 1 amide bonds. The summed E-state index contributed by atoms with van der Waals surface area (Å²) in [6.45, 7) is 1.78. The standard InChI is InChI=1S/C25H22N4O3/c1-3-7-24(30)29-22-14-20-21(15-23(22)31-2)26-16-27-25(20)28-17-10-12-19(13-11-17)32-18-8-5-4-6-9-18/h3-16H,1-2H3,(H,29,30)(H,26,27,28). The molecular weight excluding hydrogens is 404 g/mol. The van der Waals surface area contributed by atoms with Gasteiger partial charge in [-0.3, -0.25) is 4.79 Å². The highest BCUT2D eigenvalue weighted by Gasteiger charge is 2.12. The molecule has 0 aliphatic carbocycles. The number of para-hydroxylation sites is 1. The molecule has 3 aromatic carbocycles. The fraction of sp³-hybridized carbons (Fsp3) is 0.0800. The highest BCUT2D eigenvalue weighted by Crippen LogP contribution is 2.33. The van der Waals surface area contributed by atoms with E-state index < -0.39 is 0 Å². The van der Waals surface area contributed by atoms with Crippen LogP contribution in [0.15, 0.2) is 85.2 Å². The molecule has 0 unspecified atom stereocenters. The van der Waals surface area contributed by atoms with Crippen LogP contribution in [-0.2, 0) is 4.79 Å². The van der Waals surface area contributed by atoms with E-state index >= 15 is 0 Å². The summed E-state index contributed by atoms with van der Waals surface area (Å²) in [5.74, 6) is 2.38. The molecule has 0 saturated heterocycles. The van der Waals surface area contributed by atoms with Gasteiger partial charge in [-0.2, -0.15) is 0 Å². The molecule has 160 valence electrons. The van der Waals surface area contributed by atoms with Gasteiger partial charge >= 0.3 is 0 Å². The molecule has 2 N–H and O–H groups in total. The molecule has 0 bridgehead atoms. The van der Waals surface area contributed by atoms with E-state index in [-0.39, 0.29) is 5.91 Å². The number of nitrogens with one attached hydrogen (secondary N) is 2. The largest absolute Gasteiger partial charge is 0.494 e. The minimum atomic E-state index is -0.245. The first-order valence-corrected chi connectivity index (χ1v) is 10.0. The van der Waals surface area contributed by atoms with Crippen molar-refractivity contribution in [2.45, 2.75) is 6.92 Å². The van der Waals surface area contributed by atoms with Crippen LogP contribution >= 0.6 is 0 Å². The number of hydrogen-bond acceptors (Lipinski definition) is 6. The molecular formula is C25H22N4O3. The number of anilines is 3. The zero-order valence-electron chi connectivity index (χ0n) is 17.7. The fourth-order valence-electron chi connectivity index (χ4n) is 3.14. The van der Waals surface area contributed by atoms with Crippen molar-refractivity contribution < 1.29 is 14.3 Å². The van der Waals surface area contributed by atoms with E-state index in [1.165, 1.54) is 12.4 Å². The lowest BCUT2D eigenvalue weighted by molar-refractivity contribution is -0.111. The third-order valence-electron chi connectivity index (χ3n) is 4.63. The average molecular weight is 426 g/mol. The number of amides is 1. The predicted molar refractivity (Wildman–Crippen MR) is 126 cm³/mol. The highest BCUT2D eigenvalue weighted by molar-refractivity contribution is 6.03. The van der Waals surface area contributed by atoms with E-state index in [2.05, 4.69) is 20.6 Å². The van der Waals surface area contributed by atoms with E-state index in [1.807, 2.05) is 54.6 Å². The molecule has 0 spiro atoms. The van der Waals surface area contributed by atoms with Gasteiger partial charge in [0.25, 0.3) is 0 Å². The third-order valence-corrected chi connectivity index (χ3v) is 4.63. The van der Waals surface area contributed by atoms with Crippen molar-refractivity contribution in [2.75, 3.05) is 17.7 Å². The van der Waals surface area contributed by atoms with Crippen LogP contribution in [0.4, 0.5) is 17.2 Å². The number of carbonyl (C=O) groups excluding carboxylic acids is 1. The number of carbonyl (C=O) groups is 1. The predicted octanol–water partition coefficient (Wildman–Crippen LogP) is 5.69. The number of benzene rings is 3. The van der Waals surface area contributed by atoms with Gasteiger partial charge in [0.2, 0.25) is 5.91 Å². The number of allylic oxidation sites excluding steroid dienone is 1. The Bertz CT molecular complexity index is 1260.